The summed E-state index contributed by atoms with van der Waals surface area (Å²) >= 11 is 7.20. The Morgan fingerprint density at radius 2 is 1.96 bits per heavy atom. The number of rotatable bonds is 6. The molecule has 0 atom stereocenters. The molecule has 0 bridgehead atoms. The van der Waals surface area contributed by atoms with Crippen LogP contribution in [0.4, 0.5) is 5.69 Å². The van der Waals surface area contributed by atoms with E-state index in [-0.39, 0.29) is 11.7 Å². The van der Waals surface area contributed by atoms with Gasteiger partial charge in [0.05, 0.1) is 11.4 Å². The maximum Gasteiger partial charge on any atom is 0.234 e. The molecule has 140 valence electrons. The Morgan fingerprint density at radius 3 is 2.67 bits per heavy atom. The summed E-state index contributed by atoms with van der Waals surface area (Å²) in [7, 11) is 0. The number of aryl methyl sites for hydroxylation is 1. The molecule has 27 heavy (non-hydrogen) atoms. The maximum atomic E-state index is 12.5. The lowest BCUT2D eigenvalue weighted by Crippen LogP contribution is -2.17. The molecular weight excluding hydrogens is 382 g/mol. The normalized spacial score (nSPS) is 11.0. The standard InChI is InChI=1S/C19H20ClN5OS/c1-12(2)16-6-4-5-13(3)18(16)21-17(26)11-27-19-22-23-24-25(19)15-9-7-14(20)8-10-15/h4-10,12H,11H2,1-3H3,(H,21,26). The highest BCUT2D eigenvalue weighted by molar-refractivity contribution is 7.99. The van der Waals surface area contributed by atoms with Crippen LogP contribution in [-0.2, 0) is 4.79 Å². The first-order valence-electron chi connectivity index (χ1n) is 8.52. The fourth-order valence-electron chi connectivity index (χ4n) is 2.66. The number of thioether (sulfide) groups is 1. The van der Waals surface area contributed by atoms with Crippen LogP contribution in [0.3, 0.4) is 0 Å². The van der Waals surface area contributed by atoms with E-state index in [9.17, 15) is 4.79 Å². The Kier molecular flexibility index (Phi) is 6.13. The van der Waals surface area contributed by atoms with E-state index >= 15 is 0 Å². The van der Waals surface area contributed by atoms with Gasteiger partial charge in [0.25, 0.3) is 0 Å². The Balaban J connectivity index is 1.70. The minimum atomic E-state index is -0.0955. The topological polar surface area (TPSA) is 72.7 Å². The van der Waals surface area contributed by atoms with E-state index < -0.39 is 0 Å². The van der Waals surface area contributed by atoms with E-state index in [0.29, 0.717) is 16.1 Å². The predicted molar refractivity (Wildman–Crippen MR) is 109 cm³/mol. The number of nitrogens with zero attached hydrogens (tertiary/aromatic N) is 4. The van der Waals surface area contributed by atoms with Gasteiger partial charge >= 0.3 is 0 Å². The maximum absolute atomic E-state index is 12.5. The van der Waals surface area contributed by atoms with Crippen molar-refractivity contribution in [2.45, 2.75) is 31.8 Å². The Bertz CT molecular complexity index is 940. The van der Waals surface area contributed by atoms with Crippen molar-refractivity contribution in [2.24, 2.45) is 0 Å². The van der Waals surface area contributed by atoms with Gasteiger partial charge in [0.15, 0.2) is 0 Å². The minimum Gasteiger partial charge on any atom is -0.325 e. The van der Waals surface area contributed by atoms with Crippen LogP contribution >= 0.6 is 23.4 Å². The number of nitrogens with one attached hydrogen (secondary N) is 1. The molecule has 0 fully saturated rings. The number of hydrogen-bond donors (Lipinski definition) is 1. The lowest BCUT2D eigenvalue weighted by Gasteiger charge is -2.16. The highest BCUT2D eigenvalue weighted by Crippen LogP contribution is 2.28. The Hall–Kier alpha value is -2.38. The number of para-hydroxylation sites is 1. The number of carbonyl (C=O) groups is 1. The number of benzene rings is 2. The van der Waals surface area contributed by atoms with Gasteiger partial charge in [-0.25, -0.2) is 0 Å². The molecule has 0 radical (unpaired) electrons. The van der Waals surface area contributed by atoms with Crippen LogP contribution < -0.4 is 5.32 Å². The molecule has 0 aliphatic carbocycles. The van der Waals surface area contributed by atoms with Crippen molar-refractivity contribution < 1.29 is 4.79 Å². The van der Waals surface area contributed by atoms with Gasteiger partial charge in [-0.3, -0.25) is 4.79 Å². The van der Waals surface area contributed by atoms with E-state index in [1.165, 1.54) is 11.8 Å². The predicted octanol–water partition coefficient (Wildman–Crippen LogP) is 4.48. The summed E-state index contributed by atoms with van der Waals surface area (Å²) in [5.74, 6) is 0.437. The zero-order valence-electron chi connectivity index (χ0n) is 15.3. The largest absolute Gasteiger partial charge is 0.325 e. The molecule has 1 N–H and O–H groups in total. The molecule has 1 amide bonds. The van der Waals surface area contributed by atoms with Crippen molar-refractivity contribution in [3.63, 3.8) is 0 Å². The van der Waals surface area contributed by atoms with Gasteiger partial charge in [0, 0.05) is 10.7 Å². The molecule has 0 saturated carbocycles. The lowest BCUT2D eigenvalue weighted by molar-refractivity contribution is -0.113. The molecule has 2 aromatic carbocycles. The van der Waals surface area contributed by atoms with Gasteiger partial charge in [0.2, 0.25) is 11.1 Å². The average Bonchev–Trinajstić information content (AvgIpc) is 3.10. The molecule has 6 nitrogen and oxygen atoms in total. The summed E-state index contributed by atoms with van der Waals surface area (Å²) in [6, 6.07) is 13.2. The molecule has 0 saturated heterocycles. The van der Waals surface area contributed by atoms with Gasteiger partial charge in [-0.2, -0.15) is 4.68 Å². The van der Waals surface area contributed by atoms with Crippen LogP contribution in [0.5, 0.6) is 0 Å². The Labute approximate surface area is 167 Å². The second-order valence-electron chi connectivity index (χ2n) is 6.38. The SMILES string of the molecule is Cc1cccc(C(C)C)c1NC(=O)CSc1nnnn1-c1ccc(Cl)cc1. The Morgan fingerprint density at radius 1 is 1.22 bits per heavy atom. The first-order valence-corrected chi connectivity index (χ1v) is 9.88. The molecule has 3 aromatic rings. The molecule has 3 rings (SSSR count). The zero-order chi connectivity index (χ0) is 19.4. The highest BCUT2D eigenvalue weighted by atomic mass is 35.5. The zero-order valence-corrected chi connectivity index (χ0v) is 16.9. The van der Waals surface area contributed by atoms with Crippen molar-refractivity contribution in [1.82, 2.24) is 20.2 Å². The number of hydrogen-bond acceptors (Lipinski definition) is 5. The summed E-state index contributed by atoms with van der Waals surface area (Å²) in [6.07, 6.45) is 0. The van der Waals surface area contributed by atoms with E-state index in [0.717, 1.165) is 22.5 Å². The van der Waals surface area contributed by atoms with Gasteiger partial charge in [0.1, 0.15) is 0 Å². The molecule has 0 unspecified atom stereocenters. The number of aromatic nitrogens is 4. The highest BCUT2D eigenvalue weighted by Gasteiger charge is 2.15. The number of amides is 1. The summed E-state index contributed by atoms with van der Waals surface area (Å²) in [4.78, 5) is 12.5. The fraction of sp³-hybridized carbons (Fsp3) is 0.263. The summed E-state index contributed by atoms with van der Waals surface area (Å²) in [6.45, 7) is 6.22. The molecule has 0 aliphatic heterocycles. The lowest BCUT2D eigenvalue weighted by atomic mass is 9.98. The molecule has 0 aliphatic rings. The summed E-state index contributed by atoms with van der Waals surface area (Å²) in [5, 5.41) is 15.9. The van der Waals surface area contributed by atoms with Gasteiger partial charge in [-0.1, -0.05) is 55.4 Å². The van der Waals surface area contributed by atoms with Gasteiger partial charge in [-0.05, 0) is 58.7 Å². The molecule has 8 heteroatoms. The fourth-order valence-corrected chi connectivity index (χ4v) is 3.48. The molecule has 1 heterocycles. The number of anilines is 1. The van der Waals surface area contributed by atoms with Gasteiger partial charge < -0.3 is 5.32 Å². The average molecular weight is 402 g/mol. The third-order valence-corrected chi connectivity index (χ3v) is 5.21. The molecular formula is C19H20ClN5OS. The third-order valence-electron chi connectivity index (χ3n) is 4.04. The molecule has 0 spiro atoms. The summed E-state index contributed by atoms with van der Waals surface area (Å²) in [5.41, 5.74) is 3.84. The second-order valence-corrected chi connectivity index (χ2v) is 7.76. The van der Waals surface area contributed by atoms with Crippen molar-refractivity contribution in [1.29, 1.82) is 0 Å². The van der Waals surface area contributed by atoms with Crippen LogP contribution in [0.15, 0.2) is 47.6 Å². The smallest absolute Gasteiger partial charge is 0.234 e. The second kappa shape index (κ2) is 8.54. The molecule has 1 aromatic heterocycles. The number of halogens is 1. The van der Waals surface area contributed by atoms with Crippen molar-refractivity contribution in [3.8, 4) is 5.69 Å². The monoisotopic (exact) mass is 401 g/mol. The van der Waals surface area contributed by atoms with Crippen LogP contribution in [0.2, 0.25) is 5.02 Å². The number of carbonyl (C=O) groups excluding carboxylic acids is 1. The quantitative estimate of drug-likeness (QED) is 0.616. The van der Waals surface area contributed by atoms with E-state index in [1.807, 2.05) is 37.3 Å². The van der Waals surface area contributed by atoms with Crippen LogP contribution in [0.25, 0.3) is 5.69 Å². The van der Waals surface area contributed by atoms with E-state index in [2.05, 4.69) is 34.7 Å². The van der Waals surface area contributed by atoms with Gasteiger partial charge in [-0.15, -0.1) is 5.10 Å². The van der Waals surface area contributed by atoms with Crippen LogP contribution in [0, 0.1) is 6.92 Å². The minimum absolute atomic E-state index is 0.0955. The first-order chi connectivity index (χ1) is 13.0. The third kappa shape index (κ3) is 4.67. The van der Waals surface area contributed by atoms with Crippen molar-refractivity contribution >= 4 is 35.0 Å². The van der Waals surface area contributed by atoms with Crippen molar-refractivity contribution in [2.75, 3.05) is 11.1 Å². The van der Waals surface area contributed by atoms with Crippen molar-refractivity contribution in [3.05, 3.63) is 58.6 Å². The first kappa shape index (κ1) is 19.4. The van der Waals surface area contributed by atoms with Crippen LogP contribution in [-0.4, -0.2) is 31.9 Å². The van der Waals surface area contributed by atoms with Crippen LogP contribution in [0.1, 0.15) is 30.9 Å². The van der Waals surface area contributed by atoms with E-state index in [1.54, 1.807) is 16.8 Å². The number of tetrazole rings is 1. The summed E-state index contributed by atoms with van der Waals surface area (Å²) < 4.78 is 1.58. The van der Waals surface area contributed by atoms with E-state index in [4.69, 9.17) is 11.6 Å².